The highest BCUT2D eigenvalue weighted by Crippen LogP contribution is 2.16. The van der Waals surface area contributed by atoms with Crippen LogP contribution in [0.4, 0.5) is 5.69 Å². The van der Waals surface area contributed by atoms with Crippen LogP contribution in [0.25, 0.3) is 5.69 Å². The molecule has 9 heteroatoms. The summed E-state index contributed by atoms with van der Waals surface area (Å²) in [7, 11) is 1.31. The normalized spacial score (nSPS) is 14.3. The molecule has 1 amide bonds. The molecule has 2 heterocycles. The summed E-state index contributed by atoms with van der Waals surface area (Å²) in [5.74, 6) is -0.683. The van der Waals surface area contributed by atoms with Gasteiger partial charge in [-0.1, -0.05) is 30.2 Å². The van der Waals surface area contributed by atoms with Gasteiger partial charge in [0.05, 0.1) is 5.69 Å². The zero-order valence-electron chi connectivity index (χ0n) is 17.8. The fraction of sp³-hybridized carbons (Fsp3) is 0.304. The highest BCUT2D eigenvalue weighted by Gasteiger charge is 2.19. The number of hydrogen-bond donors (Lipinski definition) is 1. The van der Waals surface area contributed by atoms with Crippen molar-refractivity contribution < 1.29 is 4.79 Å². The van der Waals surface area contributed by atoms with Crippen LogP contribution in [-0.4, -0.2) is 38.2 Å². The zero-order chi connectivity index (χ0) is 22.7. The summed E-state index contributed by atoms with van der Waals surface area (Å²) in [6.45, 7) is 3.09. The molecule has 2 aromatic carbocycles. The molecular formula is C23H24ClN5O3. The maximum atomic E-state index is 12.8. The molecule has 3 aromatic rings. The van der Waals surface area contributed by atoms with Crippen molar-refractivity contribution >= 4 is 23.2 Å². The third kappa shape index (κ3) is 4.81. The minimum Gasteiger partial charge on any atom is -0.320 e. The third-order valence-corrected chi connectivity index (χ3v) is 5.78. The minimum atomic E-state index is -0.764. The average Bonchev–Trinajstić information content (AvgIpc) is 2.80. The minimum absolute atomic E-state index is 0.376. The first kappa shape index (κ1) is 22.0. The highest BCUT2D eigenvalue weighted by atomic mass is 35.5. The van der Waals surface area contributed by atoms with Crippen LogP contribution in [-0.2, 0) is 13.6 Å². The van der Waals surface area contributed by atoms with Crippen LogP contribution in [0.5, 0.6) is 0 Å². The Hall–Kier alpha value is -3.23. The van der Waals surface area contributed by atoms with Gasteiger partial charge in [0.25, 0.3) is 11.5 Å². The summed E-state index contributed by atoms with van der Waals surface area (Å²) in [5.41, 5.74) is 0.307. The van der Waals surface area contributed by atoms with E-state index in [0.717, 1.165) is 34.4 Å². The van der Waals surface area contributed by atoms with E-state index in [1.54, 1.807) is 36.4 Å². The van der Waals surface area contributed by atoms with Crippen molar-refractivity contribution in [1.82, 2.24) is 19.2 Å². The Kier molecular flexibility index (Phi) is 6.53. The zero-order valence-corrected chi connectivity index (χ0v) is 18.5. The molecule has 1 saturated heterocycles. The van der Waals surface area contributed by atoms with Gasteiger partial charge in [-0.25, -0.2) is 4.79 Å². The maximum absolute atomic E-state index is 12.8. The van der Waals surface area contributed by atoms with Crippen molar-refractivity contribution in [2.75, 3.05) is 18.4 Å². The average molecular weight is 454 g/mol. The van der Waals surface area contributed by atoms with Crippen LogP contribution in [0.2, 0.25) is 5.02 Å². The largest absolute Gasteiger partial charge is 0.351 e. The van der Waals surface area contributed by atoms with Crippen LogP contribution < -0.4 is 16.6 Å². The molecule has 32 heavy (non-hydrogen) atoms. The van der Waals surface area contributed by atoms with Gasteiger partial charge >= 0.3 is 5.69 Å². The van der Waals surface area contributed by atoms with E-state index in [-0.39, 0.29) is 5.69 Å². The number of benzene rings is 2. The van der Waals surface area contributed by atoms with Crippen molar-refractivity contribution in [2.45, 2.75) is 25.8 Å². The van der Waals surface area contributed by atoms with Gasteiger partial charge < -0.3 is 5.32 Å². The molecule has 1 N–H and O–H groups in total. The monoisotopic (exact) mass is 453 g/mol. The molecule has 0 unspecified atom stereocenters. The molecule has 0 atom stereocenters. The van der Waals surface area contributed by atoms with Crippen molar-refractivity contribution in [3.63, 3.8) is 0 Å². The Morgan fingerprint density at radius 1 is 1.00 bits per heavy atom. The first-order chi connectivity index (χ1) is 15.4. The van der Waals surface area contributed by atoms with E-state index in [1.165, 1.54) is 26.3 Å². The van der Waals surface area contributed by atoms with Gasteiger partial charge in [0.1, 0.15) is 0 Å². The van der Waals surface area contributed by atoms with Crippen LogP contribution in [0.3, 0.4) is 0 Å². The second-order valence-corrected chi connectivity index (χ2v) is 8.31. The number of anilines is 1. The molecule has 4 rings (SSSR count). The molecule has 1 aliphatic rings. The molecule has 1 fully saturated rings. The first-order valence-corrected chi connectivity index (χ1v) is 10.9. The standard InChI is InChI=1S/C23H24ClN5O3/c1-27-22(31)20(26-29(23(27)32)19-11-7-17(24)8-12-19)21(30)25-18-9-5-16(6-10-18)15-28-13-3-2-4-14-28/h5-12H,2-4,13-15H2,1H3,(H,25,30). The lowest BCUT2D eigenvalue weighted by Gasteiger charge is -2.26. The lowest BCUT2D eigenvalue weighted by molar-refractivity contribution is 0.101. The molecule has 0 radical (unpaired) electrons. The van der Waals surface area contributed by atoms with E-state index in [9.17, 15) is 14.4 Å². The number of carbonyl (C=O) groups is 1. The first-order valence-electron chi connectivity index (χ1n) is 10.5. The summed E-state index contributed by atoms with van der Waals surface area (Å²) in [6, 6.07) is 13.9. The summed E-state index contributed by atoms with van der Waals surface area (Å²) >= 11 is 5.90. The second-order valence-electron chi connectivity index (χ2n) is 7.87. The topological polar surface area (TPSA) is 89.2 Å². The van der Waals surface area contributed by atoms with Crippen molar-refractivity contribution in [1.29, 1.82) is 0 Å². The summed E-state index contributed by atoms with van der Waals surface area (Å²) in [6.07, 6.45) is 3.75. The number of nitrogens with zero attached hydrogens (tertiary/aromatic N) is 4. The van der Waals surface area contributed by atoms with Crippen LogP contribution in [0.1, 0.15) is 35.3 Å². The van der Waals surface area contributed by atoms with E-state index in [4.69, 9.17) is 11.6 Å². The second kappa shape index (κ2) is 9.50. The predicted octanol–water partition coefficient (Wildman–Crippen LogP) is 2.82. The number of piperidine rings is 1. The Morgan fingerprint density at radius 3 is 2.31 bits per heavy atom. The molecule has 0 aliphatic carbocycles. The number of likely N-dealkylation sites (tertiary alicyclic amines) is 1. The van der Waals surface area contributed by atoms with Crippen molar-refractivity contribution in [3.8, 4) is 5.69 Å². The lowest BCUT2D eigenvalue weighted by Crippen LogP contribution is -2.43. The lowest BCUT2D eigenvalue weighted by atomic mass is 10.1. The summed E-state index contributed by atoms with van der Waals surface area (Å²) in [5, 5.41) is 7.23. The number of carbonyl (C=O) groups excluding carboxylic acids is 1. The summed E-state index contributed by atoms with van der Waals surface area (Å²) < 4.78 is 1.87. The number of aromatic nitrogens is 3. The van der Waals surface area contributed by atoms with Gasteiger partial charge in [-0.3, -0.25) is 19.1 Å². The van der Waals surface area contributed by atoms with Crippen LogP contribution in [0, 0.1) is 0 Å². The van der Waals surface area contributed by atoms with Gasteiger partial charge in [0.15, 0.2) is 0 Å². The molecule has 0 spiro atoms. The van der Waals surface area contributed by atoms with Crippen molar-refractivity contribution in [3.05, 3.63) is 85.6 Å². The quantitative estimate of drug-likeness (QED) is 0.641. The molecule has 166 valence electrons. The highest BCUT2D eigenvalue weighted by molar-refractivity contribution is 6.30. The number of rotatable bonds is 5. The molecular weight excluding hydrogens is 430 g/mol. The molecule has 1 aromatic heterocycles. The van der Waals surface area contributed by atoms with E-state index in [0.29, 0.717) is 16.4 Å². The van der Waals surface area contributed by atoms with Gasteiger partial charge in [0, 0.05) is 24.3 Å². The third-order valence-electron chi connectivity index (χ3n) is 5.53. The number of nitrogens with one attached hydrogen (secondary N) is 1. The van der Waals surface area contributed by atoms with E-state index < -0.39 is 17.2 Å². The van der Waals surface area contributed by atoms with E-state index in [1.807, 2.05) is 12.1 Å². The van der Waals surface area contributed by atoms with E-state index >= 15 is 0 Å². The molecule has 0 saturated carbocycles. The Balaban J connectivity index is 1.54. The van der Waals surface area contributed by atoms with E-state index in [2.05, 4.69) is 15.3 Å². The smallest absolute Gasteiger partial charge is 0.320 e. The van der Waals surface area contributed by atoms with Crippen LogP contribution >= 0.6 is 11.6 Å². The molecule has 1 aliphatic heterocycles. The number of amides is 1. The number of hydrogen-bond acceptors (Lipinski definition) is 5. The van der Waals surface area contributed by atoms with Gasteiger partial charge in [-0.2, -0.15) is 9.78 Å². The predicted molar refractivity (Wildman–Crippen MR) is 124 cm³/mol. The maximum Gasteiger partial charge on any atom is 0.351 e. The fourth-order valence-corrected chi connectivity index (χ4v) is 3.85. The fourth-order valence-electron chi connectivity index (χ4n) is 3.73. The van der Waals surface area contributed by atoms with Gasteiger partial charge in [0.2, 0.25) is 5.69 Å². The number of halogens is 1. The molecule has 8 nitrogen and oxygen atoms in total. The van der Waals surface area contributed by atoms with Crippen molar-refractivity contribution in [2.24, 2.45) is 7.05 Å². The molecule has 0 bridgehead atoms. The Bertz CT molecular complexity index is 1230. The van der Waals surface area contributed by atoms with Gasteiger partial charge in [-0.15, -0.1) is 0 Å². The summed E-state index contributed by atoms with van der Waals surface area (Å²) in [4.78, 5) is 40.3. The Morgan fingerprint density at radius 2 is 1.66 bits per heavy atom. The van der Waals surface area contributed by atoms with Crippen LogP contribution in [0.15, 0.2) is 58.1 Å². The SMILES string of the molecule is Cn1c(=O)c(C(=O)Nc2ccc(CN3CCCCC3)cc2)nn(-c2ccc(Cl)cc2)c1=O. The van der Waals surface area contributed by atoms with Gasteiger partial charge in [-0.05, 0) is 67.9 Å². The Labute approximate surface area is 190 Å².